The van der Waals surface area contributed by atoms with Gasteiger partial charge in [-0.25, -0.2) is 4.79 Å². The highest BCUT2D eigenvalue weighted by atomic mass is 32.2. The predicted molar refractivity (Wildman–Crippen MR) is 128 cm³/mol. The van der Waals surface area contributed by atoms with Crippen molar-refractivity contribution in [2.45, 2.75) is 23.6 Å². The van der Waals surface area contributed by atoms with E-state index in [-0.39, 0.29) is 5.78 Å². The second-order valence-corrected chi connectivity index (χ2v) is 8.44. The summed E-state index contributed by atoms with van der Waals surface area (Å²) in [6.45, 7) is 3.31. The van der Waals surface area contributed by atoms with Crippen molar-refractivity contribution in [3.63, 3.8) is 0 Å². The topological polar surface area (TPSA) is 68.9 Å². The summed E-state index contributed by atoms with van der Waals surface area (Å²) in [6.07, 6.45) is 1.49. The average Bonchev–Trinajstić information content (AvgIpc) is 3.36. The number of carbonyl (C=O) groups excluding carboxylic acids is 2. The van der Waals surface area contributed by atoms with Crippen molar-refractivity contribution in [3.05, 3.63) is 119 Å². The third-order valence-corrected chi connectivity index (χ3v) is 5.91. The van der Waals surface area contributed by atoms with Crippen LogP contribution < -0.4 is 0 Å². The van der Waals surface area contributed by atoms with Gasteiger partial charge in [0.2, 0.25) is 5.78 Å². The minimum atomic E-state index is -0.470. The Bertz CT molecular complexity index is 1290. The lowest BCUT2D eigenvalue weighted by atomic mass is 9.98. The Labute approximate surface area is 196 Å². The van der Waals surface area contributed by atoms with Crippen LogP contribution in [0.25, 0.3) is 0 Å². The smallest absolute Gasteiger partial charge is 0.332 e. The number of oxime groups is 1. The number of hydrogen-bond acceptors (Lipinski definition) is 6. The van der Waals surface area contributed by atoms with Gasteiger partial charge in [0.1, 0.15) is 5.71 Å². The lowest BCUT2D eigenvalue weighted by Gasteiger charge is -2.10. The van der Waals surface area contributed by atoms with Crippen LogP contribution in [0.4, 0.5) is 0 Å². The fourth-order valence-corrected chi connectivity index (χ4v) is 4.06. The van der Waals surface area contributed by atoms with Crippen molar-refractivity contribution < 1.29 is 18.8 Å². The molecule has 0 amide bonds. The minimum absolute atomic E-state index is 0.142. The van der Waals surface area contributed by atoms with Gasteiger partial charge < -0.3 is 9.25 Å². The Kier molecular flexibility index (Phi) is 6.86. The van der Waals surface area contributed by atoms with Crippen LogP contribution in [-0.2, 0) is 9.63 Å². The summed E-state index contributed by atoms with van der Waals surface area (Å²) in [7, 11) is 0. The highest BCUT2D eigenvalue weighted by Gasteiger charge is 2.13. The first-order valence-corrected chi connectivity index (χ1v) is 11.1. The molecule has 0 aliphatic carbocycles. The molecule has 1 heterocycles. The number of benzene rings is 3. The number of furan rings is 1. The second-order valence-electron chi connectivity index (χ2n) is 7.29. The molecule has 33 heavy (non-hydrogen) atoms. The number of hydrogen-bond donors (Lipinski definition) is 0. The molecule has 1 aromatic heterocycles. The van der Waals surface area contributed by atoms with Crippen molar-refractivity contribution in [2.75, 3.05) is 0 Å². The van der Waals surface area contributed by atoms with E-state index in [2.05, 4.69) is 5.16 Å². The molecule has 0 N–H and O–H groups in total. The number of ketones is 1. The molecular weight excluding hydrogens is 434 g/mol. The first-order chi connectivity index (χ1) is 16.0. The Morgan fingerprint density at radius 3 is 2.03 bits per heavy atom. The van der Waals surface area contributed by atoms with E-state index in [0.29, 0.717) is 17.0 Å². The second kappa shape index (κ2) is 10.1. The maximum atomic E-state index is 12.4. The van der Waals surface area contributed by atoms with Crippen molar-refractivity contribution in [3.8, 4) is 0 Å². The SMILES string of the molecule is CC(=O)O/N=C(/c1ccc(Sc2ccc(C(=O)c3ccco3)cc2)cc1)c1ccccc1C. The summed E-state index contributed by atoms with van der Waals surface area (Å²) >= 11 is 1.58. The highest BCUT2D eigenvalue weighted by molar-refractivity contribution is 7.99. The molecule has 164 valence electrons. The minimum Gasteiger partial charge on any atom is -0.461 e. The molecule has 0 aliphatic rings. The van der Waals surface area contributed by atoms with E-state index >= 15 is 0 Å². The summed E-state index contributed by atoms with van der Waals surface area (Å²) in [6, 6.07) is 26.5. The van der Waals surface area contributed by atoms with E-state index in [4.69, 9.17) is 9.25 Å². The van der Waals surface area contributed by atoms with E-state index in [0.717, 1.165) is 26.5 Å². The van der Waals surface area contributed by atoms with Crippen LogP contribution in [0.5, 0.6) is 0 Å². The number of carbonyl (C=O) groups is 2. The summed E-state index contributed by atoms with van der Waals surface area (Å²) in [5.74, 6) is -0.287. The van der Waals surface area contributed by atoms with Crippen LogP contribution in [0.2, 0.25) is 0 Å². The molecule has 4 rings (SSSR count). The highest BCUT2D eigenvalue weighted by Crippen LogP contribution is 2.29. The molecule has 4 aromatic rings. The Morgan fingerprint density at radius 1 is 0.818 bits per heavy atom. The normalized spacial score (nSPS) is 11.3. The van der Waals surface area contributed by atoms with Gasteiger partial charge in [-0.3, -0.25) is 4.79 Å². The Morgan fingerprint density at radius 2 is 1.45 bits per heavy atom. The summed E-state index contributed by atoms with van der Waals surface area (Å²) in [5, 5.41) is 4.11. The van der Waals surface area contributed by atoms with Crippen molar-refractivity contribution in [1.29, 1.82) is 0 Å². The monoisotopic (exact) mass is 455 g/mol. The van der Waals surface area contributed by atoms with Crippen molar-refractivity contribution in [2.24, 2.45) is 5.16 Å². The molecule has 3 aromatic carbocycles. The molecule has 0 unspecified atom stereocenters. The maximum Gasteiger partial charge on any atom is 0.332 e. The van der Waals surface area contributed by atoms with E-state index in [1.165, 1.54) is 13.2 Å². The van der Waals surface area contributed by atoms with E-state index in [9.17, 15) is 9.59 Å². The van der Waals surface area contributed by atoms with Gasteiger partial charge >= 0.3 is 5.97 Å². The molecule has 0 aliphatic heterocycles. The van der Waals surface area contributed by atoms with E-state index in [1.54, 1.807) is 36.0 Å². The third kappa shape index (κ3) is 5.48. The molecule has 5 nitrogen and oxygen atoms in total. The van der Waals surface area contributed by atoms with Crippen LogP contribution in [0, 0.1) is 6.92 Å². The quantitative estimate of drug-likeness (QED) is 0.142. The van der Waals surface area contributed by atoms with Gasteiger partial charge in [-0.2, -0.15) is 0 Å². The Hall–Kier alpha value is -3.90. The zero-order chi connectivity index (χ0) is 23.2. The van der Waals surface area contributed by atoms with Gasteiger partial charge in [0.25, 0.3) is 0 Å². The standard InChI is InChI=1S/C27H21NO4S/c1-18-6-3-4-7-24(18)26(28-32-19(2)29)20-9-13-22(14-10-20)33-23-15-11-21(12-16-23)27(30)25-8-5-17-31-25/h3-17H,1-2H3/b28-26-. The molecule has 6 heteroatoms. The first kappa shape index (κ1) is 22.3. The van der Waals surface area contributed by atoms with Crippen LogP contribution in [0.1, 0.15) is 39.7 Å². The zero-order valence-corrected chi connectivity index (χ0v) is 19.0. The fourth-order valence-electron chi connectivity index (χ4n) is 3.25. The van der Waals surface area contributed by atoms with Gasteiger partial charge in [-0.05, 0) is 61.0 Å². The lowest BCUT2D eigenvalue weighted by molar-refractivity contribution is -0.140. The van der Waals surface area contributed by atoms with E-state index in [1.807, 2.05) is 67.6 Å². The molecular formula is C27H21NO4S. The van der Waals surface area contributed by atoms with Gasteiger partial charge in [0, 0.05) is 33.4 Å². The molecule has 0 bridgehead atoms. The van der Waals surface area contributed by atoms with Gasteiger partial charge in [0.15, 0.2) is 5.76 Å². The number of rotatable bonds is 7. The maximum absolute atomic E-state index is 12.4. The van der Waals surface area contributed by atoms with Crippen molar-refractivity contribution in [1.82, 2.24) is 0 Å². The molecule has 0 radical (unpaired) electrons. The lowest BCUT2D eigenvalue weighted by Crippen LogP contribution is -2.07. The van der Waals surface area contributed by atoms with Crippen molar-refractivity contribution >= 4 is 29.2 Å². The Balaban J connectivity index is 1.52. The average molecular weight is 456 g/mol. The third-order valence-electron chi connectivity index (χ3n) is 4.89. The largest absolute Gasteiger partial charge is 0.461 e. The zero-order valence-electron chi connectivity index (χ0n) is 18.1. The predicted octanol–water partition coefficient (Wildman–Crippen LogP) is 6.29. The summed E-state index contributed by atoms with van der Waals surface area (Å²) in [4.78, 5) is 30.7. The van der Waals surface area contributed by atoms with Crippen LogP contribution in [-0.4, -0.2) is 17.5 Å². The van der Waals surface area contributed by atoms with Gasteiger partial charge in [-0.15, -0.1) is 0 Å². The number of nitrogens with zero attached hydrogens (tertiary/aromatic N) is 1. The van der Waals surface area contributed by atoms with Gasteiger partial charge in [-0.1, -0.05) is 53.3 Å². The van der Waals surface area contributed by atoms with Crippen LogP contribution >= 0.6 is 11.8 Å². The molecule has 0 spiro atoms. The molecule has 0 saturated heterocycles. The molecule has 0 saturated carbocycles. The summed E-state index contributed by atoms with van der Waals surface area (Å²) in [5.41, 5.74) is 3.95. The van der Waals surface area contributed by atoms with Gasteiger partial charge in [0.05, 0.1) is 6.26 Å². The number of aryl methyl sites for hydroxylation is 1. The van der Waals surface area contributed by atoms with Crippen LogP contribution in [0.15, 0.2) is 111 Å². The summed E-state index contributed by atoms with van der Waals surface area (Å²) < 4.78 is 5.18. The first-order valence-electron chi connectivity index (χ1n) is 10.3. The van der Waals surface area contributed by atoms with Crippen LogP contribution in [0.3, 0.4) is 0 Å². The fraction of sp³-hybridized carbons (Fsp3) is 0.0741. The molecule has 0 fully saturated rings. The van der Waals surface area contributed by atoms with E-state index < -0.39 is 5.97 Å². The molecule has 0 atom stereocenters.